The average molecular weight is 398 g/mol. The van der Waals surface area contributed by atoms with Crippen molar-refractivity contribution < 1.29 is 17.9 Å². The van der Waals surface area contributed by atoms with E-state index in [1.54, 1.807) is 17.0 Å². The van der Waals surface area contributed by atoms with E-state index in [0.717, 1.165) is 38.4 Å². The highest BCUT2D eigenvalue weighted by Crippen LogP contribution is 2.17. The highest BCUT2D eigenvalue weighted by Gasteiger charge is 2.17. The van der Waals surface area contributed by atoms with Crippen molar-refractivity contribution in [2.24, 2.45) is 0 Å². The zero-order valence-electron chi connectivity index (χ0n) is 16.5. The molecule has 1 saturated heterocycles. The predicted molar refractivity (Wildman–Crippen MR) is 105 cm³/mol. The van der Waals surface area contributed by atoms with Crippen molar-refractivity contribution in [1.29, 1.82) is 0 Å². The zero-order valence-corrected chi connectivity index (χ0v) is 17.3. The van der Waals surface area contributed by atoms with Crippen LogP contribution in [0.4, 0.5) is 0 Å². The normalized spacial score (nSPS) is 15.9. The van der Waals surface area contributed by atoms with E-state index < -0.39 is 10.0 Å². The lowest BCUT2D eigenvalue weighted by Gasteiger charge is -2.29. The summed E-state index contributed by atoms with van der Waals surface area (Å²) in [5.41, 5.74) is 1.10. The SMILES string of the molecule is CC(=O)N(CCNS(=O)(=O)c1ccc(C(C)C)cc1)CCN1CCOCC1. The minimum absolute atomic E-state index is 0.0521. The molecule has 27 heavy (non-hydrogen) atoms. The second-order valence-electron chi connectivity index (χ2n) is 7.08. The van der Waals surface area contributed by atoms with Gasteiger partial charge in [0.1, 0.15) is 0 Å². The maximum absolute atomic E-state index is 12.4. The number of nitrogens with one attached hydrogen (secondary N) is 1. The van der Waals surface area contributed by atoms with Gasteiger partial charge in [-0.25, -0.2) is 13.1 Å². The Labute approximate surface area is 162 Å². The second kappa shape index (κ2) is 10.2. The van der Waals surface area contributed by atoms with Gasteiger partial charge in [-0.2, -0.15) is 0 Å². The zero-order chi connectivity index (χ0) is 19.9. The van der Waals surface area contributed by atoms with E-state index in [1.165, 1.54) is 6.92 Å². The fourth-order valence-electron chi connectivity index (χ4n) is 2.94. The molecule has 0 spiro atoms. The van der Waals surface area contributed by atoms with Gasteiger partial charge in [0.25, 0.3) is 0 Å². The van der Waals surface area contributed by atoms with Crippen molar-refractivity contribution in [3.8, 4) is 0 Å². The molecule has 0 atom stereocenters. The quantitative estimate of drug-likeness (QED) is 0.679. The molecular weight excluding hydrogens is 366 g/mol. The van der Waals surface area contributed by atoms with Gasteiger partial charge in [-0.15, -0.1) is 0 Å². The molecule has 1 aromatic rings. The largest absolute Gasteiger partial charge is 0.379 e. The summed E-state index contributed by atoms with van der Waals surface area (Å²) in [5.74, 6) is 0.300. The van der Waals surface area contributed by atoms with E-state index in [0.29, 0.717) is 19.0 Å². The molecule has 0 bridgehead atoms. The molecule has 1 amide bonds. The topological polar surface area (TPSA) is 79.0 Å². The van der Waals surface area contributed by atoms with Gasteiger partial charge in [0.05, 0.1) is 18.1 Å². The van der Waals surface area contributed by atoms with Gasteiger partial charge in [0.15, 0.2) is 0 Å². The summed E-state index contributed by atoms with van der Waals surface area (Å²) in [6.07, 6.45) is 0. The van der Waals surface area contributed by atoms with Crippen molar-refractivity contribution in [1.82, 2.24) is 14.5 Å². The molecule has 1 N–H and O–H groups in total. The van der Waals surface area contributed by atoms with Gasteiger partial charge >= 0.3 is 0 Å². The summed E-state index contributed by atoms with van der Waals surface area (Å²) >= 11 is 0. The van der Waals surface area contributed by atoms with Crippen LogP contribution in [0.2, 0.25) is 0 Å². The standard InChI is InChI=1S/C19H31N3O4S/c1-16(2)18-4-6-19(7-5-18)27(24,25)20-8-9-22(17(3)23)11-10-21-12-14-26-15-13-21/h4-7,16,20H,8-15H2,1-3H3. The smallest absolute Gasteiger partial charge is 0.240 e. The third kappa shape index (κ3) is 6.88. The van der Waals surface area contributed by atoms with Crippen LogP contribution in [0.15, 0.2) is 29.2 Å². The van der Waals surface area contributed by atoms with Crippen LogP contribution >= 0.6 is 0 Å². The fraction of sp³-hybridized carbons (Fsp3) is 0.632. The fourth-order valence-corrected chi connectivity index (χ4v) is 3.96. The van der Waals surface area contributed by atoms with E-state index >= 15 is 0 Å². The number of hydrogen-bond donors (Lipinski definition) is 1. The van der Waals surface area contributed by atoms with Crippen molar-refractivity contribution in [3.05, 3.63) is 29.8 Å². The maximum Gasteiger partial charge on any atom is 0.240 e. The van der Waals surface area contributed by atoms with Crippen LogP contribution in [0, 0.1) is 0 Å². The molecule has 0 aromatic heterocycles. The lowest BCUT2D eigenvalue weighted by molar-refractivity contribution is -0.129. The van der Waals surface area contributed by atoms with Crippen LogP contribution in [-0.4, -0.2) is 76.6 Å². The molecule has 1 heterocycles. The van der Waals surface area contributed by atoms with E-state index in [4.69, 9.17) is 4.74 Å². The Morgan fingerprint density at radius 3 is 2.37 bits per heavy atom. The number of hydrogen-bond acceptors (Lipinski definition) is 5. The molecule has 2 rings (SSSR count). The molecule has 1 aliphatic heterocycles. The van der Waals surface area contributed by atoms with E-state index in [1.807, 2.05) is 12.1 Å². The highest BCUT2D eigenvalue weighted by atomic mass is 32.2. The molecule has 7 nitrogen and oxygen atoms in total. The van der Waals surface area contributed by atoms with Crippen molar-refractivity contribution in [3.63, 3.8) is 0 Å². The minimum atomic E-state index is -3.57. The second-order valence-corrected chi connectivity index (χ2v) is 8.85. The van der Waals surface area contributed by atoms with E-state index in [9.17, 15) is 13.2 Å². The van der Waals surface area contributed by atoms with Gasteiger partial charge in [0.2, 0.25) is 15.9 Å². The van der Waals surface area contributed by atoms with Gasteiger partial charge in [-0.05, 0) is 23.6 Å². The van der Waals surface area contributed by atoms with Gasteiger partial charge in [-0.3, -0.25) is 9.69 Å². The maximum atomic E-state index is 12.4. The summed E-state index contributed by atoms with van der Waals surface area (Å²) < 4.78 is 32.8. The number of morpholine rings is 1. The Balaban J connectivity index is 1.84. The van der Waals surface area contributed by atoms with Crippen LogP contribution in [-0.2, 0) is 19.6 Å². The van der Waals surface area contributed by atoms with Crippen LogP contribution in [0.1, 0.15) is 32.3 Å². The van der Waals surface area contributed by atoms with Gasteiger partial charge in [0, 0.05) is 46.2 Å². The molecule has 1 fully saturated rings. The third-order valence-corrected chi connectivity index (χ3v) is 6.24. The summed E-state index contributed by atoms with van der Waals surface area (Å²) in [6.45, 7) is 10.7. The Kier molecular flexibility index (Phi) is 8.22. The van der Waals surface area contributed by atoms with Crippen LogP contribution in [0.3, 0.4) is 0 Å². The molecule has 152 valence electrons. The Morgan fingerprint density at radius 1 is 1.19 bits per heavy atom. The lowest BCUT2D eigenvalue weighted by Crippen LogP contribution is -2.44. The van der Waals surface area contributed by atoms with Crippen molar-refractivity contribution in [2.45, 2.75) is 31.6 Å². The van der Waals surface area contributed by atoms with Gasteiger partial charge in [-0.1, -0.05) is 26.0 Å². The first-order chi connectivity index (χ1) is 12.8. The molecule has 1 aliphatic rings. The number of rotatable bonds is 9. The Hall–Kier alpha value is -1.48. The first-order valence-electron chi connectivity index (χ1n) is 9.45. The number of benzene rings is 1. The number of carbonyl (C=O) groups excluding carboxylic acids is 1. The summed E-state index contributed by atoms with van der Waals surface area (Å²) in [4.78, 5) is 16.0. The van der Waals surface area contributed by atoms with Crippen molar-refractivity contribution in [2.75, 3.05) is 52.5 Å². The monoisotopic (exact) mass is 397 g/mol. The summed E-state index contributed by atoms with van der Waals surface area (Å²) in [6, 6.07) is 6.92. The average Bonchev–Trinajstić information content (AvgIpc) is 2.65. The van der Waals surface area contributed by atoms with Crippen LogP contribution < -0.4 is 4.72 Å². The van der Waals surface area contributed by atoms with Gasteiger partial charge < -0.3 is 9.64 Å². The van der Waals surface area contributed by atoms with Crippen molar-refractivity contribution >= 4 is 15.9 Å². The number of nitrogens with zero attached hydrogens (tertiary/aromatic N) is 2. The molecule has 0 saturated carbocycles. The molecule has 8 heteroatoms. The molecule has 0 aliphatic carbocycles. The molecule has 0 radical (unpaired) electrons. The number of ether oxygens (including phenoxy) is 1. The lowest BCUT2D eigenvalue weighted by atomic mass is 10.0. The van der Waals surface area contributed by atoms with E-state index in [-0.39, 0.29) is 17.3 Å². The number of amides is 1. The molecule has 0 unspecified atom stereocenters. The summed E-state index contributed by atoms with van der Waals surface area (Å²) in [5, 5.41) is 0. The predicted octanol–water partition coefficient (Wildman–Crippen LogP) is 1.27. The number of sulfonamides is 1. The first-order valence-corrected chi connectivity index (χ1v) is 10.9. The molecule has 1 aromatic carbocycles. The Morgan fingerprint density at radius 2 is 1.81 bits per heavy atom. The van der Waals surface area contributed by atoms with Crippen LogP contribution in [0.25, 0.3) is 0 Å². The third-order valence-electron chi connectivity index (χ3n) is 4.77. The first kappa shape index (κ1) is 21.8. The number of carbonyl (C=O) groups is 1. The van der Waals surface area contributed by atoms with E-state index in [2.05, 4.69) is 23.5 Å². The minimum Gasteiger partial charge on any atom is -0.379 e. The van der Waals surface area contributed by atoms with Crippen LogP contribution in [0.5, 0.6) is 0 Å². The summed E-state index contributed by atoms with van der Waals surface area (Å²) in [7, 11) is -3.57. The highest BCUT2D eigenvalue weighted by molar-refractivity contribution is 7.89. The molecular formula is C19H31N3O4S. The Bertz CT molecular complexity index is 698.